The predicted octanol–water partition coefficient (Wildman–Crippen LogP) is 2.97. The molecule has 3 N–H and O–H groups in total. The van der Waals surface area contributed by atoms with Crippen LogP contribution in [0.3, 0.4) is 0 Å². The molecule has 146 valence electrons. The van der Waals surface area contributed by atoms with E-state index in [1.807, 2.05) is 36.4 Å². The van der Waals surface area contributed by atoms with E-state index < -0.39 is 0 Å². The summed E-state index contributed by atoms with van der Waals surface area (Å²) in [5.74, 6) is 0.563. The maximum Gasteiger partial charge on any atom is 0.258 e. The van der Waals surface area contributed by atoms with Gasteiger partial charge in [0.05, 0.1) is 6.04 Å². The molecule has 1 fully saturated rings. The van der Waals surface area contributed by atoms with E-state index in [9.17, 15) is 9.59 Å². The number of aryl methyl sites for hydroxylation is 1. The number of nitrogens with two attached hydrogens (primary N) is 1. The average Bonchev–Trinajstić information content (AvgIpc) is 3.12. The fourth-order valence-electron chi connectivity index (χ4n) is 4.03. The largest absolute Gasteiger partial charge is 0.484 e. The van der Waals surface area contributed by atoms with E-state index in [2.05, 4.69) is 5.32 Å². The lowest BCUT2D eigenvalue weighted by Gasteiger charge is -2.26. The van der Waals surface area contributed by atoms with Gasteiger partial charge in [0.15, 0.2) is 6.61 Å². The number of anilines is 2. The lowest BCUT2D eigenvalue weighted by molar-refractivity contribution is -0.124. The van der Waals surface area contributed by atoms with Crippen LogP contribution in [-0.2, 0) is 16.0 Å². The molecule has 1 aliphatic heterocycles. The van der Waals surface area contributed by atoms with Crippen molar-refractivity contribution in [1.82, 2.24) is 5.32 Å². The SMILES string of the molecule is Nc1ccc2c(c1)CCCC2NC(=O)COc1cccc(N2CCCC2=O)c1. The molecule has 0 spiro atoms. The molecule has 1 atom stereocenters. The number of amides is 2. The van der Waals surface area contributed by atoms with Crippen molar-refractivity contribution in [3.63, 3.8) is 0 Å². The Morgan fingerprint density at radius 3 is 2.89 bits per heavy atom. The van der Waals surface area contributed by atoms with Gasteiger partial charge in [-0.15, -0.1) is 0 Å². The standard InChI is InChI=1S/C22H25N3O3/c23-16-9-10-19-15(12-16)4-1-7-20(19)24-21(26)14-28-18-6-2-5-17(13-18)25-11-3-8-22(25)27/h2,5-6,9-10,12-13,20H,1,3-4,7-8,11,14,23H2,(H,24,26). The Morgan fingerprint density at radius 1 is 1.18 bits per heavy atom. The third kappa shape index (κ3) is 3.96. The topological polar surface area (TPSA) is 84.7 Å². The van der Waals surface area contributed by atoms with E-state index in [1.54, 1.807) is 11.0 Å². The summed E-state index contributed by atoms with van der Waals surface area (Å²) in [5, 5.41) is 3.07. The number of hydrogen-bond acceptors (Lipinski definition) is 4. The van der Waals surface area contributed by atoms with Gasteiger partial charge < -0.3 is 20.7 Å². The molecule has 1 aliphatic carbocycles. The smallest absolute Gasteiger partial charge is 0.258 e. The van der Waals surface area contributed by atoms with Gasteiger partial charge in [-0.25, -0.2) is 0 Å². The highest BCUT2D eigenvalue weighted by Gasteiger charge is 2.23. The van der Waals surface area contributed by atoms with Crippen molar-refractivity contribution in [3.05, 3.63) is 53.6 Å². The molecule has 28 heavy (non-hydrogen) atoms. The van der Waals surface area contributed by atoms with Crippen molar-refractivity contribution in [1.29, 1.82) is 0 Å². The monoisotopic (exact) mass is 379 g/mol. The van der Waals surface area contributed by atoms with Crippen molar-refractivity contribution in [3.8, 4) is 5.75 Å². The molecule has 4 rings (SSSR count). The van der Waals surface area contributed by atoms with Crippen LogP contribution in [0.2, 0.25) is 0 Å². The van der Waals surface area contributed by atoms with E-state index in [1.165, 1.54) is 5.56 Å². The number of fused-ring (bicyclic) bond motifs is 1. The Balaban J connectivity index is 1.36. The zero-order valence-electron chi connectivity index (χ0n) is 15.8. The molecule has 1 heterocycles. The van der Waals surface area contributed by atoms with Crippen molar-refractivity contribution in [2.24, 2.45) is 0 Å². The maximum atomic E-state index is 12.4. The lowest BCUT2D eigenvalue weighted by atomic mass is 9.87. The fourth-order valence-corrected chi connectivity index (χ4v) is 4.03. The van der Waals surface area contributed by atoms with Crippen LogP contribution in [0.1, 0.15) is 42.9 Å². The summed E-state index contributed by atoms with van der Waals surface area (Å²) in [5.41, 5.74) is 9.80. The number of carbonyl (C=O) groups is 2. The van der Waals surface area contributed by atoms with Gasteiger partial charge in [-0.2, -0.15) is 0 Å². The molecule has 0 saturated carbocycles. The van der Waals surface area contributed by atoms with E-state index >= 15 is 0 Å². The van der Waals surface area contributed by atoms with Gasteiger partial charge in [0.1, 0.15) is 5.75 Å². The van der Waals surface area contributed by atoms with Gasteiger partial charge in [-0.05, 0) is 61.1 Å². The van der Waals surface area contributed by atoms with Gasteiger partial charge in [0.2, 0.25) is 5.91 Å². The lowest BCUT2D eigenvalue weighted by Crippen LogP contribution is -2.34. The highest BCUT2D eigenvalue weighted by Crippen LogP contribution is 2.31. The zero-order chi connectivity index (χ0) is 19.5. The number of rotatable bonds is 5. The number of benzene rings is 2. The van der Waals surface area contributed by atoms with Crippen molar-refractivity contribution < 1.29 is 14.3 Å². The van der Waals surface area contributed by atoms with Crippen LogP contribution in [0.25, 0.3) is 0 Å². The first kappa shape index (κ1) is 18.3. The summed E-state index contributed by atoms with van der Waals surface area (Å²) in [6.07, 6.45) is 4.39. The summed E-state index contributed by atoms with van der Waals surface area (Å²) in [6, 6.07) is 13.2. The van der Waals surface area contributed by atoms with Crippen LogP contribution in [0.4, 0.5) is 11.4 Å². The molecular weight excluding hydrogens is 354 g/mol. The van der Waals surface area contributed by atoms with Gasteiger partial charge in [-0.3, -0.25) is 9.59 Å². The molecule has 1 saturated heterocycles. The number of hydrogen-bond donors (Lipinski definition) is 2. The first-order valence-corrected chi connectivity index (χ1v) is 9.81. The first-order chi connectivity index (χ1) is 13.6. The van der Waals surface area contributed by atoms with Crippen LogP contribution < -0.4 is 20.7 Å². The fraction of sp³-hybridized carbons (Fsp3) is 0.364. The predicted molar refractivity (Wildman–Crippen MR) is 108 cm³/mol. The highest BCUT2D eigenvalue weighted by molar-refractivity contribution is 5.95. The molecule has 0 aromatic heterocycles. The normalized spacial score (nSPS) is 18.6. The Hall–Kier alpha value is -3.02. The van der Waals surface area contributed by atoms with Crippen LogP contribution in [0.15, 0.2) is 42.5 Å². The number of carbonyl (C=O) groups excluding carboxylic acids is 2. The van der Waals surface area contributed by atoms with Gasteiger partial charge in [-0.1, -0.05) is 12.1 Å². The number of nitrogens with one attached hydrogen (secondary N) is 1. The van der Waals surface area contributed by atoms with E-state index in [-0.39, 0.29) is 24.5 Å². The minimum Gasteiger partial charge on any atom is -0.484 e. The van der Waals surface area contributed by atoms with Crippen molar-refractivity contribution in [2.45, 2.75) is 38.1 Å². The van der Waals surface area contributed by atoms with E-state index in [4.69, 9.17) is 10.5 Å². The maximum absolute atomic E-state index is 12.4. The third-order valence-electron chi connectivity index (χ3n) is 5.39. The Bertz CT molecular complexity index is 896. The Morgan fingerprint density at radius 2 is 2.07 bits per heavy atom. The Kier molecular flexibility index (Phi) is 5.19. The van der Waals surface area contributed by atoms with Crippen molar-refractivity contribution >= 4 is 23.2 Å². The summed E-state index contributed by atoms with van der Waals surface area (Å²) < 4.78 is 5.68. The zero-order valence-corrected chi connectivity index (χ0v) is 15.8. The second-order valence-corrected chi connectivity index (χ2v) is 7.41. The molecule has 6 nitrogen and oxygen atoms in total. The number of nitrogens with zero attached hydrogens (tertiary/aromatic N) is 1. The second kappa shape index (κ2) is 7.92. The quantitative estimate of drug-likeness (QED) is 0.782. The van der Waals surface area contributed by atoms with Gasteiger partial charge in [0, 0.05) is 30.4 Å². The molecule has 2 aromatic carbocycles. The highest BCUT2D eigenvalue weighted by atomic mass is 16.5. The van der Waals surface area contributed by atoms with Gasteiger partial charge in [0.25, 0.3) is 5.91 Å². The van der Waals surface area contributed by atoms with Gasteiger partial charge >= 0.3 is 0 Å². The molecule has 2 aromatic rings. The van der Waals surface area contributed by atoms with E-state index in [0.717, 1.165) is 49.2 Å². The average molecular weight is 379 g/mol. The Labute approximate surface area is 164 Å². The third-order valence-corrected chi connectivity index (χ3v) is 5.39. The van der Waals surface area contributed by atoms with Crippen LogP contribution >= 0.6 is 0 Å². The first-order valence-electron chi connectivity index (χ1n) is 9.81. The molecule has 1 unspecified atom stereocenters. The molecule has 0 radical (unpaired) electrons. The molecule has 2 aliphatic rings. The molecular formula is C22H25N3O3. The molecule has 0 bridgehead atoms. The summed E-state index contributed by atoms with van der Waals surface area (Å²) >= 11 is 0. The molecule has 6 heteroatoms. The second-order valence-electron chi connectivity index (χ2n) is 7.41. The van der Waals surface area contributed by atoms with Crippen LogP contribution in [-0.4, -0.2) is 25.0 Å². The number of nitrogen functional groups attached to an aromatic ring is 1. The molecule has 2 amide bonds. The van der Waals surface area contributed by atoms with E-state index in [0.29, 0.717) is 12.2 Å². The van der Waals surface area contributed by atoms with Crippen molar-refractivity contribution in [2.75, 3.05) is 23.8 Å². The summed E-state index contributed by atoms with van der Waals surface area (Å²) in [6.45, 7) is 0.673. The summed E-state index contributed by atoms with van der Waals surface area (Å²) in [7, 11) is 0. The number of ether oxygens (including phenoxy) is 1. The van der Waals surface area contributed by atoms with Crippen LogP contribution in [0.5, 0.6) is 5.75 Å². The minimum atomic E-state index is -0.155. The van der Waals surface area contributed by atoms with Crippen LogP contribution in [0, 0.1) is 0 Å². The minimum absolute atomic E-state index is 0.00555. The summed E-state index contributed by atoms with van der Waals surface area (Å²) in [4.78, 5) is 26.1.